The molecule has 2 aliphatic rings. The Kier molecular flexibility index (Phi) is 3.42. The van der Waals surface area contributed by atoms with Gasteiger partial charge in [0.25, 0.3) is 0 Å². The molecule has 7 nitrogen and oxygen atoms in total. The summed E-state index contributed by atoms with van der Waals surface area (Å²) in [4.78, 5) is 21.3. The van der Waals surface area contributed by atoms with E-state index in [9.17, 15) is 10.1 Å². The molecule has 1 aliphatic carbocycles. The van der Waals surface area contributed by atoms with Crippen LogP contribution in [-0.2, 0) is 0 Å². The van der Waals surface area contributed by atoms with Crippen LogP contribution in [0.2, 0.25) is 0 Å². The lowest BCUT2D eigenvalue weighted by atomic mass is 10.1. The van der Waals surface area contributed by atoms with Crippen LogP contribution in [0.25, 0.3) is 0 Å². The summed E-state index contributed by atoms with van der Waals surface area (Å²) < 4.78 is 0. The first kappa shape index (κ1) is 13.1. The van der Waals surface area contributed by atoms with E-state index in [1.54, 1.807) is 0 Å². The minimum Gasteiger partial charge on any atom is -0.354 e. The molecule has 0 aromatic carbocycles. The van der Waals surface area contributed by atoms with Crippen LogP contribution >= 0.6 is 0 Å². The van der Waals surface area contributed by atoms with Crippen LogP contribution < -0.4 is 10.2 Å². The van der Waals surface area contributed by atoms with Crippen molar-refractivity contribution in [2.45, 2.75) is 38.6 Å². The van der Waals surface area contributed by atoms with Crippen molar-refractivity contribution in [3.8, 4) is 0 Å². The zero-order valence-corrected chi connectivity index (χ0v) is 11.6. The Morgan fingerprint density at radius 3 is 3.00 bits per heavy atom. The minimum atomic E-state index is -0.384. The molecule has 108 valence electrons. The molecule has 1 aromatic heterocycles. The summed E-state index contributed by atoms with van der Waals surface area (Å²) in [6.07, 6.45) is 5.78. The second kappa shape index (κ2) is 5.22. The van der Waals surface area contributed by atoms with Crippen LogP contribution in [-0.4, -0.2) is 34.0 Å². The SMILES string of the molecule is CCCNc1ncc([N+](=O)[O-])c(N2CC3CCC2C3)n1. The van der Waals surface area contributed by atoms with Crippen LogP contribution in [0, 0.1) is 16.0 Å². The number of hydrogen-bond donors (Lipinski definition) is 1. The Morgan fingerprint density at radius 2 is 2.40 bits per heavy atom. The molecule has 1 saturated carbocycles. The molecule has 1 saturated heterocycles. The standard InChI is InChI=1S/C13H19N5O2/c1-2-5-14-13-15-7-11(18(19)20)12(16-13)17-8-9-3-4-10(17)6-9/h7,9-10H,2-6,8H2,1H3,(H,14,15,16). The predicted molar refractivity (Wildman–Crippen MR) is 75.9 cm³/mol. The average molecular weight is 277 g/mol. The highest BCUT2D eigenvalue weighted by atomic mass is 16.6. The van der Waals surface area contributed by atoms with Gasteiger partial charge in [0.1, 0.15) is 6.20 Å². The van der Waals surface area contributed by atoms with E-state index in [1.807, 2.05) is 0 Å². The molecule has 0 amide bonds. The molecule has 2 atom stereocenters. The molecule has 2 bridgehead atoms. The van der Waals surface area contributed by atoms with Crippen LogP contribution in [0.3, 0.4) is 0 Å². The minimum absolute atomic E-state index is 0.0135. The second-order valence-electron chi connectivity index (χ2n) is 5.57. The highest BCUT2D eigenvalue weighted by Gasteiger charge is 2.41. The summed E-state index contributed by atoms with van der Waals surface area (Å²) in [5.41, 5.74) is 0.0135. The number of fused-ring (bicyclic) bond motifs is 2. The maximum absolute atomic E-state index is 11.2. The quantitative estimate of drug-likeness (QED) is 0.656. The number of anilines is 2. The van der Waals surface area contributed by atoms with E-state index in [4.69, 9.17) is 0 Å². The normalized spacial score (nSPS) is 24.1. The van der Waals surface area contributed by atoms with Gasteiger partial charge in [0.2, 0.25) is 11.8 Å². The van der Waals surface area contributed by atoms with E-state index in [1.165, 1.54) is 12.6 Å². The predicted octanol–water partition coefficient (Wildman–Crippen LogP) is 2.20. The molecule has 2 fully saturated rings. The fourth-order valence-corrected chi connectivity index (χ4v) is 3.21. The van der Waals surface area contributed by atoms with Crippen molar-refractivity contribution in [2.24, 2.45) is 5.92 Å². The van der Waals surface area contributed by atoms with Gasteiger partial charge in [-0.25, -0.2) is 4.98 Å². The lowest BCUT2D eigenvalue weighted by Gasteiger charge is -2.27. The van der Waals surface area contributed by atoms with Gasteiger partial charge in [-0.15, -0.1) is 0 Å². The number of piperidine rings is 1. The Bertz CT molecular complexity index is 521. The fourth-order valence-electron chi connectivity index (χ4n) is 3.21. The first-order valence-electron chi connectivity index (χ1n) is 7.21. The molecule has 20 heavy (non-hydrogen) atoms. The Labute approximate surface area is 117 Å². The highest BCUT2D eigenvalue weighted by molar-refractivity contribution is 5.60. The summed E-state index contributed by atoms with van der Waals surface area (Å²) in [6, 6.07) is 0.410. The molecule has 0 spiro atoms. The first-order chi connectivity index (χ1) is 9.69. The van der Waals surface area contributed by atoms with Crippen molar-refractivity contribution in [3.05, 3.63) is 16.3 Å². The molecule has 0 radical (unpaired) electrons. The van der Waals surface area contributed by atoms with E-state index in [0.29, 0.717) is 23.7 Å². The fraction of sp³-hybridized carbons (Fsp3) is 0.692. The van der Waals surface area contributed by atoms with Crippen molar-refractivity contribution in [2.75, 3.05) is 23.3 Å². The third-order valence-electron chi connectivity index (χ3n) is 4.16. The lowest BCUT2D eigenvalue weighted by molar-refractivity contribution is -0.384. The molecule has 7 heteroatoms. The summed E-state index contributed by atoms with van der Waals surface area (Å²) in [6.45, 7) is 3.71. The third-order valence-corrected chi connectivity index (χ3v) is 4.16. The third kappa shape index (κ3) is 2.28. The number of hydrogen-bond acceptors (Lipinski definition) is 6. The number of rotatable bonds is 5. The smallest absolute Gasteiger partial charge is 0.329 e. The zero-order chi connectivity index (χ0) is 14.1. The van der Waals surface area contributed by atoms with Crippen LogP contribution in [0.4, 0.5) is 17.5 Å². The molecule has 2 heterocycles. The molecule has 2 unspecified atom stereocenters. The number of nitrogens with zero attached hydrogens (tertiary/aromatic N) is 4. The first-order valence-corrected chi connectivity index (χ1v) is 7.21. The number of nitro groups is 1. The van der Waals surface area contributed by atoms with E-state index in [2.05, 4.69) is 27.1 Å². The van der Waals surface area contributed by atoms with E-state index >= 15 is 0 Å². The Morgan fingerprint density at radius 1 is 1.55 bits per heavy atom. The highest BCUT2D eigenvalue weighted by Crippen LogP contribution is 2.42. The van der Waals surface area contributed by atoms with E-state index in [0.717, 1.165) is 32.4 Å². The van der Waals surface area contributed by atoms with Crippen molar-refractivity contribution in [3.63, 3.8) is 0 Å². The Hall–Kier alpha value is -1.92. The molecular formula is C13H19N5O2. The van der Waals surface area contributed by atoms with E-state index < -0.39 is 0 Å². The van der Waals surface area contributed by atoms with E-state index in [-0.39, 0.29) is 10.6 Å². The summed E-state index contributed by atoms with van der Waals surface area (Å²) in [5, 5.41) is 14.3. The molecule has 1 aromatic rings. The summed E-state index contributed by atoms with van der Waals surface area (Å²) in [7, 11) is 0. The molecule has 1 N–H and O–H groups in total. The van der Waals surface area contributed by atoms with Crippen molar-refractivity contribution in [1.29, 1.82) is 0 Å². The maximum atomic E-state index is 11.2. The second-order valence-corrected chi connectivity index (χ2v) is 5.57. The van der Waals surface area contributed by atoms with Gasteiger partial charge in [-0.1, -0.05) is 6.92 Å². The van der Waals surface area contributed by atoms with Gasteiger partial charge < -0.3 is 10.2 Å². The molecular weight excluding hydrogens is 258 g/mol. The van der Waals surface area contributed by atoms with Crippen molar-refractivity contribution < 1.29 is 4.92 Å². The van der Waals surface area contributed by atoms with Crippen LogP contribution in [0.5, 0.6) is 0 Å². The van der Waals surface area contributed by atoms with Gasteiger partial charge in [0.05, 0.1) is 4.92 Å². The lowest BCUT2D eigenvalue weighted by Crippen LogP contribution is -2.33. The average Bonchev–Trinajstić information content (AvgIpc) is 3.07. The van der Waals surface area contributed by atoms with Gasteiger partial charge in [0, 0.05) is 19.1 Å². The van der Waals surface area contributed by atoms with Crippen LogP contribution in [0.1, 0.15) is 32.6 Å². The number of nitrogens with one attached hydrogen (secondary N) is 1. The van der Waals surface area contributed by atoms with Crippen molar-refractivity contribution >= 4 is 17.5 Å². The van der Waals surface area contributed by atoms with Gasteiger partial charge in [-0.3, -0.25) is 10.1 Å². The topological polar surface area (TPSA) is 84.2 Å². The van der Waals surface area contributed by atoms with Crippen molar-refractivity contribution in [1.82, 2.24) is 9.97 Å². The number of aromatic nitrogens is 2. The zero-order valence-electron chi connectivity index (χ0n) is 11.6. The van der Waals surface area contributed by atoms with Gasteiger partial charge >= 0.3 is 5.69 Å². The van der Waals surface area contributed by atoms with Gasteiger partial charge in [-0.05, 0) is 31.6 Å². The maximum Gasteiger partial charge on any atom is 0.329 e. The van der Waals surface area contributed by atoms with Gasteiger partial charge in [-0.2, -0.15) is 4.98 Å². The summed E-state index contributed by atoms with van der Waals surface area (Å²) in [5.74, 6) is 1.63. The summed E-state index contributed by atoms with van der Waals surface area (Å²) >= 11 is 0. The Balaban J connectivity index is 1.91. The molecule has 1 aliphatic heterocycles. The monoisotopic (exact) mass is 277 g/mol. The van der Waals surface area contributed by atoms with Crippen LogP contribution in [0.15, 0.2) is 6.20 Å². The van der Waals surface area contributed by atoms with Gasteiger partial charge in [0.15, 0.2) is 0 Å². The molecule has 3 rings (SSSR count). The largest absolute Gasteiger partial charge is 0.354 e.